The van der Waals surface area contributed by atoms with Gasteiger partial charge in [-0.3, -0.25) is 0 Å². The average Bonchev–Trinajstić information content (AvgIpc) is 2.60. The molecule has 1 aromatic rings. The van der Waals surface area contributed by atoms with Gasteiger partial charge in [-0.1, -0.05) is 12.1 Å². The summed E-state index contributed by atoms with van der Waals surface area (Å²) in [6.45, 7) is 9.70. The summed E-state index contributed by atoms with van der Waals surface area (Å²) in [6.07, 6.45) is 1.71. The maximum atomic E-state index is 14.3. The molecule has 0 saturated carbocycles. The van der Waals surface area contributed by atoms with E-state index in [2.05, 4.69) is 32.6 Å². The van der Waals surface area contributed by atoms with Gasteiger partial charge in [0.15, 0.2) is 0 Å². The van der Waals surface area contributed by atoms with E-state index in [9.17, 15) is 4.39 Å². The third kappa shape index (κ3) is 3.55. The standard InChI is InChI=1S/C17H27FN2O/c1-16(2)12-15(17(3,4)21-16)20(11-7-10-19)14-9-6-5-8-13(14)18/h5-6,8-9,15H,7,10-12,19H2,1-4H3. The van der Waals surface area contributed by atoms with Crippen LogP contribution in [0.5, 0.6) is 0 Å². The molecule has 1 saturated heterocycles. The Morgan fingerprint density at radius 3 is 2.48 bits per heavy atom. The van der Waals surface area contributed by atoms with Crippen LogP contribution in [-0.2, 0) is 4.74 Å². The summed E-state index contributed by atoms with van der Waals surface area (Å²) in [6, 6.07) is 7.09. The number of para-hydroxylation sites is 1. The van der Waals surface area contributed by atoms with Gasteiger partial charge in [0.1, 0.15) is 5.82 Å². The molecule has 1 fully saturated rings. The Bertz CT molecular complexity index is 487. The van der Waals surface area contributed by atoms with Gasteiger partial charge in [-0.25, -0.2) is 4.39 Å². The molecule has 118 valence electrons. The van der Waals surface area contributed by atoms with Crippen molar-refractivity contribution >= 4 is 5.69 Å². The summed E-state index contributed by atoms with van der Waals surface area (Å²) in [5, 5.41) is 0. The van der Waals surface area contributed by atoms with Gasteiger partial charge in [-0.05, 0) is 59.2 Å². The van der Waals surface area contributed by atoms with Crippen LogP contribution >= 0.6 is 0 Å². The van der Waals surface area contributed by atoms with Gasteiger partial charge >= 0.3 is 0 Å². The van der Waals surface area contributed by atoms with E-state index < -0.39 is 0 Å². The van der Waals surface area contributed by atoms with Gasteiger partial charge in [0, 0.05) is 6.54 Å². The van der Waals surface area contributed by atoms with Crippen LogP contribution in [0.4, 0.5) is 10.1 Å². The predicted octanol–water partition coefficient (Wildman–Crippen LogP) is 3.33. The normalized spacial score (nSPS) is 23.2. The van der Waals surface area contributed by atoms with Crippen molar-refractivity contribution in [2.45, 2.75) is 57.8 Å². The van der Waals surface area contributed by atoms with Crippen LogP contribution in [0.3, 0.4) is 0 Å². The minimum Gasteiger partial charge on any atom is -0.367 e. The summed E-state index contributed by atoms with van der Waals surface area (Å²) < 4.78 is 20.4. The first-order valence-electron chi connectivity index (χ1n) is 7.68. The van der Waals surface area contributed by atoms with Crippen molar-refractivity contribution in [3.05, 3.63) is 30.1 Å². The van der Waals surface area contributed by atoms with Crippen molar-refractivity contribution < 1.29 is 9.13 Å². The van der Waals surface area contributed by atoms with Crippen LogP contribution in [-0.4, -0.2) is 30.3 Å². The molecule has 1 aliphatic heterocycles. The van der Waals surface area contributed by atoms with Gasteiger partial charge in [-0.2, -0.15) is 0 Å². The zero-order valence-electron chi connectivity index (χ0n) is 13.5. The molecule has 0 spiro atoms. The van der Waals surface area contributed by atoms with Crippen LogP contribution in [0.2, 0.25) is 0 Å². The monoisotopic (exact) mass is 294 g/mol. The number of benzene rings is 1. The molecule has 1 aliphatic rings. The molecule has 0 aliphatic carbocycles. The average molecular weight is 294 g/mol. The highest BCUT2D eigenvalue weighted by molar-refractivity contribution is 5.49. The summed E-state index contributed by atoms with van der Waals surface area (Å²) in [4.78, 5) is 2.14. The maximum Gasteiger partial charge on any atom is 0.146 e. The van der Waals surface area contributed by atoms with Gasteiger partial charge < -0.3 is 15.4 Å². The van der Waals surface area contributed by atoms with Gasteiger partial charge in [-0.15, -0.1) is 0 Å². The van der Waals surface area contributed by atoms with Gasteiger partial charge in [0.25, 0.3) is 0 Å². The number of ether oxygens (including phenoxy) is 1. The Morgan fingerprint density at radius 1 is 1.29 bits per heavy atom. The largest absolute Gasteiger partial charge is 0.367 e. The molecular weight excluding hydrogens is 267 g/mol. The molecule has 1 aromatic carbocycles. The fraction of sp³-hybridized carbons (Fsp3) is 0.647. The Balaban J connectivity index is 2.35. The Labute approximate surface area is 127 Å². The highest BCUT2D eigenvalue weighted by Crippen LogP contribution is 2.42. The molecule has 1 unspecified atom stereocenters. The van der Waals surface area contributed by atoms with Crippen molar-refractivity contribution in [3.8, 4) is 0 Å². The number of nitrogens with two attached hydrogens (primary N) is 1. The number of nitrogens with zero attached hydrogens (tertiary/aromatic N) is 1. The quantitative estimate of drug-likeness (QED) is 0.905. The first-order valence-corrected chi connectivity index (χ1v) is 7.68. The summed E-state index contributed by atoms with van der Waals surface area (Å²) >= 11 is 0. The molecule has 2 rings (SSSR count). The molecule has 21 heavy (non-hydrogen) atoms. The third-order valence-electron chi connectivity index (χ3n) is 4.17. The molecule has 0 amide bonds. The molecule has 3 nitrogen and oxygen atoms in total. The second-order valence-electron chi connectivity index (χ2n) is 6.97. The molecule has 0 aromatic heterocycles. The second kappa shape index (κ2) is 5.93. The van der Waals surface area contributed by atoms with E-state index in [1.54, 1.807) is 6.07 Å². The van der Waals surface area contributed by atoms with Crippen molar-refractivity contribution in [2.24, 2.45) is 5.73 Å². The number of hydrogen-bond donors (Lipinski definition) is 1. The van der Waals surface area contributed by atoms with E-state index in [1.807, 2.05) is 12.1 Å². The lowest BCUT2D eigenvalue weighted by Crippen LogP contribution is -2.47. The lowest BCUT2D eigenvalue weighted by Gasteiger charge is -2.38. The van der Waals surface area contributed by atoms with E-state index in [0.717, 1.165) is 19.4 Å². The lowest BCUT2D eigenvalue weighted by atomic mass is 9.92. The minimum atomic E-state index is -0.319. The Morgan fingerprint density at radius 2 is 1.95 bits per heavy atom. The third-order valence-corrected chi connectivity index (χ3v) is 4.17. The van der Waals surface area contributed by atoms with Crippen LogP contribution in [0, 0.1) is 5.82 Å². The number of hydrogen-bond acceptors (Lipinski definition) is 3. The molecule has 1 atom stereocenters. The molecule has 1 heterocycles. The van der Waals surface area contributed by atoms with E-state index >= 15 is 0 Å². The SMILES string of the molecule is CC1(C)CC(N(CCCN)c2ccccc2F)C(C)(C)O1. The highest BCUT2D eigenvalue weighted by atomic mass is 19.1. The van der Waals surface area contributed by atoms with E-state index in [1.165, 1.54) is 6.07 Å². The fourth-order valence-corrected chi connectivity index (χ4v) is 3.41. The maximum absolute atomic E-state index is 14.3. The van der Waals surface area contributed by atoms with Gasteiger partial charge in [0.05, 0.1) is 22.9 Å². The zero-order chi connectivity index (χ0) is 15.7. The number of rotatable bonds is 5. The van der Waals surface area contributed by atoms with Crippen LogP contribution < -0.4 is 10.6 Å². The Hall–Kier alpha value is -1.13. The first-order chi connectivity index (χ1) is 9.77. The number of anilines is 1. The molecule has 0 bridgehead atoms. The van der Waals surface area contributed by atoms with Crippen LogP contribution in [0.1, 0.15) is 40.5 Å². The Kier molecular flexibility index (Phi) is 4.59. The smallest absolute Gasteiger partial charge is 0.146 e. The number of halogens is 1. The van der Waals surface area contributed by atoms with E-state index in [4.69, 9.17) is 10.5 Å². The topological polar surface area (TPSA) is 38.5 Å². The lowest BCUT2D eigenvalue weighted by molar-refractivity contribution is -0.0679. The van der Waals surface area contributed by atoms with Crippen LogP contribution in [0.15, 0.2) is 24.3 Å². The highest BCUT2D eigenvalue weighted by Gasteiger charge is 2.48. The summed E-state index contributed by atoms with van der Waals surface area (Å²) in [5.41, 5.74) is 5.79. The molecule has 2 N–H and O–H groups in total. The van der Waals surface area contributed by atoms with E-state index in [0.29, 0.717) is 12.2 Å². The van der Waals surface area contributed by atoms with E-state index in [-0.39, 0.29) is 23.1 Å². The van der Waals surface area contributed by atoms with Gasteiger partial charge in [0.2, 0.25) is 0 Å². The molecule has 4 heteroatoms. The summed E-state index contributed by atoms with van der Waals surface area (Å²) in [5.74, 6) is -0.185. The summed E-state index contributed by atoms with van der Waals surface area (Å²) in [7, 11) is 0. The first kappa shape index (κ1) is 16.2. The van der Waals surface area contributed by atoms with Crippen molar-refractivity contribution in [2.75, 3.05) is 18.0 Å². The zero-order valence-corrected chi connectivity index (χ0v) is 13.5. The molecular formula is C17H27FN2O. The van der Waals surface area contributed by atoms with Crippen molar-refractivity contribution in [3.63, 3.8) is 0 Å². The van der Waals surface area contributed by atoms with Crippen molar-refractivity contribution in [1.82, 2.24) is 0 Å². The minimum absolute atomic E-state index is 0.135. The predicted molar refractivity (Wildman–Crippen MR) is 85.1 cm³/mol. The van der Waals surface area contributed by atoms with Crippen LogP contribution in [0.25, 0.3) is 0 Å². The molecule has 0 radical (unpaired) electrons. The fourth-order valence-electron chi connectivity index (χ4n) is 3.41. The second-order valence-corrected chi connectivity index (χ2v) is 6.97. The van der Waals surface area contributed by atoms with Crippen molar-refractivity contribution in [1.29, 1.82) is 0 Å².